The van der Waals surface area contributed by atoms with Crippen molar-refractivity contribution in [2.75, 3.05) is 10.7 Å². The minimum atomic E-state index is -0.320. The Morgan fingerprint density at radius 2 is 2.10 bits per heavy atom. The molecule has 0 radical (unpaired) electrons. The third kappa shape index (κ3) is 3.16. The fourth-order valence-corrected chi connectivity index (χ4v) is 1.99. The van der Waals surface area contributed by atoms with Crippen molar-refractivity contribution in [3.8, 4) is 6.07 Å². The fourth-order valence-electron chi connectivity index (χ4n) is 1.99. The minimum absolute atomic E-state index is 0.320. The summed E-state index contributed by atoms with van der Waals surface area (Å²) >= 11 is 0. The van der Waals surface area contributed by atoms with Gasteiger partial charge in [-0.05, 0) is 37.6 Å². The molecule has 21 heavy (non-hydrogen) atoms. The van der Waals surface area contributed by atoms with E-state index >= 15 is 0 Å². The van der Waals surface area contributed by atoms with Crippen LogP contribution in [0.25, 0.3) is 0 Å². The molecule has 1 aromatic carbocycles. The quantitative estimate of drug-likeness (QED) is 0.590. The third-order valence-electron chi connectivity index (χ3n) is 3.00. The van der Waals surface area contributed by atoms with Crippen molar-refractivity contribution in [2.24, 2.45) is 5.84 Å². The van der Waals surface area contributed by atoms with Crippen molar-refractivity contribution in [3.05, 3.63) is 52.7 Å². The number of hydrogen-bond donors (Lipinski definition) is 3. The summed E-state index contributed by atoms with van der Waals surface area (Å²) in [7, 11) is 0. The maximum absolute atomic E-state index is 12.3. The Balaban J connectivity index is 2.33. The molecule has 0 unspecified atom stereocenters. The van der Waals surface area contributed by atoms with Gasteiger partial charge in [0.2, 0.25) is 0 Å². The molecule has 2 aromatic rings. The highest BCUT2D eigenvalue weighted by molar-refractivity contribution is 6.05. The lowest BCUT2D eigenvalue weighted by atomic mass is 10.1. The zero-order valence-electron chi connectivity index (χ0n) is 11.8. The topological polar surface area (TPSA) is 104 Å². The molecule has 6 heteroatoms. The van der Waals surface area contributed by atoms with E-state index in [0.29, 0.717) is 28.3 Å². The number of carbonyl (C=O) groups is 1. The number of pyridine rings is 1. The summed E-state index contributed by atoms with van der Waals surface area (Å²) in [6.07, 6.45) is 0. The molecule has 0 fully saturated rings. The lowest BCUT2D eigenvalue weighted by Gasteiger charge is -2.10. The van der Waals surface area contributed by atoms with Gasteiger partial charge < -0.3 is 10.7 Å². The van der Waals surface area contributed by atoms with Crippen molar-refractivity contribution >= 4 is 17.4 Å². The molecule has 0 aliphatic rings. The largest absolute Gasteiger partial charge is 0.321 e. The Bertz CT molecular complexity index is 733. The van der Waals surface area contributed by atoms with Crippen LogP contribution in [0.1, 0.15) is 27.2 Å². The molecule has 4 N–H and O–H groups in total. The molecule has 1 amide bonds. The first-order chi connectivity index (χ1) is 10.0. The maximum atomic E-state index is 12.3. The van der Waals surface area contributed by atoms with Crippen LogP contribution in [0.4, 0.5) is 11.5 Å². The van der Waals surface area contributed by atoms with Gasteiger partial charge in [-0.1, -0.05) is 12.1 Å². The van der Waals surface area contributed by atoms with Gasteiger partial charge in [0.05, 0.1) is 11.3 Å². The van der Waals surface area contributed by atoms with E-state index < -0.39 is 0 Å². The molecule has 106 valence electrons. The van der Waals surface area contributed by atoms with Gasteiger partial charge in [-0.15, -0.1) is 0 Å². The van der Waals surface area contributed by atoms with Crippen LogP contribution in [0.2, 0.25) is 0 Å². The van der Waals surface area contributed by atoms with Gasteiger partial charge in [0.25, 0.3) is 5.91 Å². The van der Waals surface area contributed by atoms with Crippen molar-refractivity contribution in [2.45, 2.75) is 13.8 Å². The summed E-state index contributed by atoms with van der Waals surface area (Å²) in [6, 6.07) is 10.6. The predicted octanol–water partition coefficient (Wildman–Crippen LogP) is 2.11. The van der Waals surface area contributed by atoms with Crippen molar-refractivity contribution in [1.82, 2.24) is 4.98 Å². The summed E-state index contributed by atoms with van der Waals surface area (Å²) < 4.78 is 0. The van der Waals surface area contributed by atoms with Crippen LogP contribution in [-0.4, -0.2) is 10.9 Å². The molecule has 2 rings (SSSR count). The predicted molar refractivity (Wildman–Crippen MR) is 80.6 cm³/mol. The molecule has 0 aliphatic carbocycles. The zero-order valence-corrected chi connectivity index (χ0v) is 11.8. The number of aryl methyl sites for hydroxylation is 2. The van der Waals surface area contributed by atoms with Crippen LogP contribution in [0.5, 0.6) is 0 Å². The summed E-state index contributed by atoms with van der Waals surface area (Å²) in [5.74, 6) is 5.41. The molecular formula is C15H15N5O. The number of nitrogens with one attached hydrogen (secondary N) is 2. The highest BCUT2D eigenvalue weighted by Gasteiger charge is 2.12. The normalized spacial score (nSPS) is 9.81. The second-order valence-corrected chi connectivity index (χ2v) is 4.59. The van der Waals surface area contributed by atoms with Gasteiger partial charge in [-0.2, -0.15) is 5.26 Å². The van der Waals surface area contributed by atoms with Crippen molar-refractivity contribution in [3.63, 3.8) is 0 Å². The third-order valence-corrected chi connectivity index (χ3v) is 3.00. The molecular weight excluding hydrogens is 266 g/mol. The number of aromatic nitrogens is 1. The number of anilines is 2. The smallest absolute Gasteiger partial charge is 0.255 e. The van der Waals surface area contributed by atoms with Crippen molar-refractivity contribution in [1.29, 1.82) is 5.26 Å². The van der Waals surface area contributed by atoms with Gasteiger partial charge in [0.1, 0.15) is 11.9 Å². The van der Waals surface area contributed by atoms with Gasteiger partial charge in [-0.25, -0.2) is 10.8 Å². The van der Waals surface area contributed by atoms with E-state index in [-0.39, 0.29) is 5.91 Å². The van der Waals surface area contributed by atoms with Crippen LogP contribution in [0.3, 0.4) is 0 Å². The molecule has 0 aliphatic heterocycles. The first kappa shape index (κ1) is 14.5. The van der Waals surface area contributed by atoms with Crippen LogP contribution >= 0.6 is 0 Å². The standard InChI is InChI=1S/C15H15N5O/c1-9-4-3-5-13(12(9)8-16)19-15(21)11-6-10(2)18-14(7-11)20-17/h3-7H,17H2,1-2H3,(H,18,20)(H,19,21). The van der Waals surface area contributed by atoms with Crippen LogP contribution in [0.15, 0.2) is 30.3 Å². The van der Waals surface area contributed by atoms with E-state index in [9.17, 15) is 10.1 Å². The van der Waals surface area contributed by atoms with Crippen LogP contribution in [0, 0.1) is 25.2 Å². The summed E-state index contributed by atoms with van der Waals surface area (Å²) in [6.45, 7) is 3.59. The van der Waals surface area contributed by atoms with E-state index in [4.69, 9.17) is 5.84 Å². The number of benzene rings is 1. The Morgan fingerprint density at radius 1 is 1.33 bits per heavy atom. The maximum Gasteiger partial charge on any atom is 0.255 e. The number of hydrazine groups is 1. The van der Waals surface area contributed by atoms with E-state index in [0.717, 1.165) is 5.56 Å². The van der Waals surface area contributed by atoms with Gasteiger partial charge in [0.15, 0.2) is 0 Å². The summed E-state index contributed by atoms with van der Waals surface area (Å²) in [5, 5.41) is 11.9. The number of nitriles is 1. The number of carbonyl (C=O) groups excluding carboxylic acids is 1. The van der Waals surface area contributed by atoms with Crippen molar-refractivity contribution < 1.29 is 4.79 Å². The van der Waals surface area contributed by atoms with E-state index in [1.807, 2.05) is 13.0 Å². The van der Waals surface area contributed by atoms with Gasteiger partial charge in [0, 0.05) is 11.3 Å². The summed E-state index contributed by atoms with van der Waals surface area (Å²) in [5.41, 5.74) is 5.25. The SMILES string of the molecule is Cc1cc(C(=O)Nc2cccc(C)c2C#N)cc(NN)n1. The Morgan fingerprint density at radius 3 is 2.76 bits per heavy atom. The monoisotopic (exact) mass is 281 g/mol. The number of nitrogens with two attached hydrogens (primary N) is 1. The minimum Gasteiger partial charge on any atom is -0.321 e. The second kappa shape index (κ2) is 6.03. The first-order valence-corrected chi connectivity index (χ1v) is 6.31. The fraction of sp³-hybridized carbons (Fsp3) is 0.133. The average molecular weight is 281 g/mol. The summed E-state index contributed by atoms with van der Waals surface area (Å²) in [4.78, 5) is 16.4. The first-order valence-electron chi connectivity index (χ1n) is 6.31. The van der Waals surface area contributed by atoms with Crippen LogP contribution < -0.4 is 16.6 Å². The lowest BCUT2D eigenvalue weighted by Crippen LogP contribution is -2.16. The zero-order chi connectivity index (χ0) is 15.4. The molecule has 6 nitrogen and oxygen atoms in total. The number of amides is 1. The van der Waals surface area contributed by atoms with E-state index in [1.54, 1.807) is 31.2 Å². The number of hydrogen-bond acceptors (Lipinski definition) is 5. The second-order valence-electron chi connectivity index (χ2n) is 4.59. The molecule has 0 saturated heterocycles. The van der Waals surface area contributed by atoms with Gasteiger partial charge >= 0.3 is 0 Å². The number of nitrogens with zero attached hydrogens (tertiary/aromatic N) is 2. The molecule has 1 aromatic heterocycles. The number of nitrogen functional groups attached to an aromatic ring is 1. The molecule has 0 saturated carbocycles. The highest BCUT2D eigenvalue weighted by Crippen LogP contribution is 2.19. The molecule has 0 atom stereocenters. The van der Waals surface area contributed by atoms with Crippen LogP contribution in [-0.2, 0) is 0 Å². The number of rotatable bonds is 3. The van der Waals surface area contributed by atoms with Gasteiger partial charge in [-0.3, -0.25) is 4.79 Å². The van der Waals surface area contributed by atoms with E-state index in [2.05, 4.69) is 21.8 Å². The highest BCUT2D eigenvalue weighted by atomic mass is 16.1. The molecule has 0 spiro atoms. The van der Waals surface area contributed by atoms with E-state index in [1.165, 1.54) is 0 Å². The molecule has 0 bridgehead atoms. The Labute approximate surface area is 122 Å². The molecule has 1 heterocycles. The Hall–Kier alpha value is -2.91. The lowest BCUT2D eigenvalue weighted by molar-refractivity contribution is 0.102. The average Bonchev–Trinajstić information content (AvgIpc) is 2.46. The Kier molecular flexibility index (Phi) is 4.16.